The lowest BCUT2D eigenvalue weighted by Crippen LogP contribution is -2.49. The summed E-state index contributed by atoms with van der Waals surface area (Å²) in [6.07, 6.45) is 3.66. The highest BCUT2D eigenvalue weighted by molar-refractivity contribution is 5.99. The maximum atomic E-state index is 11.6. The van der Waals surface area contributed by atoms with Crippen LogP contribution in [0.4, 0.5) is 11.4 Å². The van der Waals surface area contributed by atoms with Gasteiger partial charge in [0.2, 0.25) is 0 Å². The number of primary amides is 1. The van der Waals surface area contributed by atoms with Crippen LogP contribution in [-0.2, 0) is 4.74 Å². The van der Waals surface area contributed by atoms with Gasteiger partial charge in [-0.25, -0.2) is 0 Å². The van der Waals surface area contributed by atoms with Gasteiger partial charge in [-0.1, -0.05) is 0 Å². The molecule has 1 aliphatic carbocycles. The largest absolute Gasteiger partial charge is 0.399 e. The van der Waals surface area contributed by atoms with Crippen LogP contribution in [0.15, 0.2) is 18.2 Å². The monoisotopic (exact) mass is 261 g/mol. The fourth-order valence-corrected chi connectivity index (χ4v) is 3.23. The molecule has 2 fully saturated rings. The summed E-state index contributed by atoms with van der Waals surface area (Å²) in [7, 11) is 0. The van der Waals surface area contributed by atoms with Crippen LogP contribution in [0.2, 0.25) is 0 Å². The van der Waals surface area contributed by atoms with Gasteiger partial charge in [-0.3, -0.25) is 4.79 Å². The van der Waals surface area contributed by atoms with E-state index in [1.807, 2.05) is 12.1 Å². The van der Waals surface area contributed by atoms with Crippen LogP contribution in [0.3, 0.4) is 0 Å². The Morgan fingerprint density at radius 3 is 3.00 bits per heavy atom. The van der Waals surface area contributed by atoms with E-state index in [-0.39, 0.29) is 6.10 Å². The number of benzene rings is 1. The summed E-state index contributed by atoms with van der Waals surface area (Å²) in [5.74, 6) is -0.427. The van der Waals surface area contributed by atoms with Crippen molar-refractivity contribution in [1.29, 1.82) is 0 Å². The molecule has 1 saturated heterocycles. The zero-order valence-corrected chi connectivity index (χ0v) is 10.8. The van der Waals surface area contributed by atoms with Crippen molar-refractivity contribution in [3.63, 3.8) is 0 Å². The van der Waals surface area contributed by atoms with E-state index in [0.29, 0.717) is 23.9 Å². The molecule has 2 aliphatic rings. The highest BCUT2D eigenvalue weighted by Crippen LogP contribution is 2.35. The summed E-state index contributed by atoms with van der Waals surface area (Å²) < 4.78 is 5.80. The van der Waals surface area contributed by atoms with Crippen molar-refractivity contribution in [2.45, 2.75) is 31.4 Å². The van der Waals surface area contributed by atoms with Crippen molar-refractivity contribution >= 4 is 17.3 Å². The maximum Gasteiger partial charge on any atom is 0.250 e. The van der Waals surface area contributed by atoms with Crippen LogP contribution < -0.4 is 16.4 Å². The van der Waals surface area contributed by atoms with Crippen molar-refractivity contribution in [2.24, 2.45) is 5.73 Å². The van der Waals surface area contributed by atoms with Gasteiger partial charge in [0.15, 0.2) is 0 Å². The number of hydrogen-bond donors (Lipinski definition) is 2. The third kappa shape index (κ3) is 2.14. The summed E-state index contributed by atoms with van der Waals surface area (Å²) in [6, 6.07) is 5.74. The molecule has 2 atom stereocenters. The predicted molar refractivity (Wildman–Crippen MR) is 74.1 cm³/mol. The van der Waals surface area contributed by atoms with Crippen molar-refractivity contribution in [3.8, 4) is 0 Å². The molecule has 1 aromatic rings. The summed E-state index contributed by atoms with van der Waals surface area (Å²) >= 11 is 0. The van der Waals surface area contributed by atoms with E-state index in [1.54, 1.807) is 6.07 Å². The van der Waals surface area contributed by atoms with Crippen LogP contribution in [0, 0.1) is 0 Å². The minimum Gasteiger partial charge on any atom is -0.399 e. The molecule has 1 aliphatic heterocycles. The molecule has 19 heavy (non-hydrogen) atoms. The average Bonchev–Trinajstić information content (AvgIpc) is 2.86. The fourth-order valence-electron chi connectivity index (χ4n) is 3.23. The van der Waals surface area contributed by atoms with Crippen LogP contribution in [0.5, 0.6) is 0 Å². The lowest BCUT2D eigenvalue weighted by atomic mass is 10.1. The molecule has 1 amide bonds. The number of morpholine rings is 1. The first-order valence-corrected chi connectivity index (χ1v) is 6.74. The molecule has 0 bridgehead atoms. The number of hydrogen-bond acceptors (Lipinski definition) is 4. The van der Waals surface area contributed by atoms with E-state index in [4.69, 9.17) is 16.2 Å². The Kier molecular flexibility index (Phi) is 3.06. The minimum atomic E-state index is -0.427. The fraction of sp³-hybridized carbons (Fsp3) is 0.500. The summed E-state index contributed by atoms with van der Waals surface area (Å²) in [4.78, 5) is 13.9. The van der Waals surface area contributed by atoms with Crippen molar-refractivity contribution in [1.82, 2.24) is 0 Å². The quantitative estimate of drug-likeness (QED) is 0.782. The molecule has 0 radical (unpaired) electrons. The molecule has 1 heterocycles. The summed E-state index contributed by atoms with van der Waals surface area (Å²) in [6.45, 7) is 1.50. The standard InChI is InChI=1S/C14H19N3O2/c15-9-4-5-11(10(8-9)14(16)18)17-6-7-19-13-3-1-2-12(13)17/h4-5,8,12-13H,1-3,6-7,15H2,(H2,16,18). The first kappa shape index (κ1) is 12.3. The first-order valence-electron chi connectivity index (χ1n) is 6.74. The average molecular weight is 261 g/mol. The number of amides is 1. The van der Waals surface area contributed by atoms with Gasteiger partial charge in [-0.05, 0) is 37.5 Å². The third-order valence-corrected chi connectivity index (χ3v) is 4.08. The Labute approximate surface area is 112 Å². The van der Waals surface area contributed by atoms with Crippen molar-refractivity contribution < 1.29 is 9.53 Å². The van der Waals surface area contributed by atoms with Crippen molar-refractivity contribution in [2.75, 3.05) is 23.8 Å². The first-order chi connectivity index (χ1) is 9.16. The second kappa shape index (κ2) is 4.74. The molecule has 1 saturated carbocycles. The van der Waals surface area contributed by atoms with E-state index in [1.165, 1.54) is 6.42 Å². The number of nitrogens with two attached hydrogens (primary N) is 2. The lowest BCUT2D eigenvalue weighted by molar-refractivity contribution is 0.0255. The molecule has 5 nitrogen and oxygen atoms in total. The number of rotatable bonds is 2. The highest BCUT2D eigenvalue weighted by atomic mass is 16.5. The Bertz CT molecular complexity index is 503. The van der Waals surface area contributed by atoms with Gasteiger partial charge in [-0.15, -0.1) is 0 Å². The van der Waals surface area contributed by atoms with Crippen LogP contribution in [0.25, 0.3) is 0 Å². The van der Waals surface area contributed by atoms with Gasteiger partial charge in [0.25, 0.3) is 5.91 Å². The third-order valence-electron chi connectivity index (χ3n) is 4.08. The zero-order chi connectivity index (χ0) is 13.4. The Morgan fingerprint density at radius 1 is 1.37 bits per heavy atom. The van der Waals surface area contributed by atoms with Crippen LogP contribution in [0.1, 0.15) is 29.6 Å². The SMILES string of the molecule is NC(=O)c1cc(N)ccc1N1CCOC2CCCC21. The van der Waals surface area contributed by atoms with Gasteiger partial charge in [0, 0.05) is 12.2 Å². The normalized spacial score (nSPS) is 26.2. The van der Waals surface area contributed by atoms with E-state index in [2.05, 4.69) is 4.90 Å². The smallest absolute Gasteiger partial charge is 0.250 e. The molecule has 1 aromatic carbocycles. The van der Waals surface area contributed by atoms with Gasteiger partial charge in [-0.2, -0.15) is 0 Å². The molecule has 3 rings (SSSR count). The number of nitrogen functional groups attached to an aromatic ring is 1. The molecule has 0 aromatic heterocycles. The van der Waals surface area contributed by atoms with Gasteiger partial charge >= 0.3 is 0 Å². The Morgan fingerprint density at radius 2 is 2.21 bits per heavy atom. The van der Waals surface area contributed by atoms with Crippen molar-refractivity contribution in [3.05, 3.63) is 23.8 Å². The molecular formula is C14H19N3O2. The van der Waals surface area contributed by atoms with Gasteiger partial charge < -0.3 is 21.1 Å². The second-order valence-electron chi connectivity index (χ2n) is 5.24. The number of fused-ring (bicyclic) bond motifs is 1. The molecular weight excluding hydrogens is 242 g/mol. The van der Waals surface area contributed by atoms with E-state index < -0.39 is 5.91 Å². The zero-order valence-electron chi connectivity index (χ0n) is 10.8. The molecule has 5 heteroatoms. The van der Waals surface area contributed by atoms with Gasteiger partial charge in [0.05, 0.1) is 30.0 Å². The maximum absolute atomic E-state index is 11.6. The number of nitrogens with zero attached hydrogens (tertiary/aromatic N) is 1. The number of anilines is 2. The Hall–Kier alpha value is -1.75. The van der Waals surface area contributed by atoms with E-state index in [0.717, 1.165) is 25.1 Å². The number of ether oxygens (including phenoxy) is 1. The number of carbonyl (C=O) groups is 1. The second-order valence-corrected chi connectivity index (χ2v) is 5.24. The van der Waals surface area contributed by atoms with Crippen LogP contribution in [-0.4, -0.2) is 31.2 Å². The highest BCUT2D eigenvalue weighted by Gasteiger charge is 2.37. The van der Waals surface area contributed by atoms with E-state index >= 15 is 0 Å². The topological polar surface area (TPSA) is 81.6 Å². The number of carbonyl (C=O) groups excluding carboxylic acids is 1. The minimum absolute atomic E-state index is 0.284. The Balaban J connectivity index is 1.98. The summed E-state index contributed by atoms with van der Waals surface area (Å²) in [5.41, 5.74) is 13.2. The lowest BCUT2D eigenvalue weighted by Gasteiger charge is -2.40. The van der Waals surface area contributed by atoms with E-state index in [9.17, 15) is 4.79 Å². The van der Waals surface area contributed by atoms with Gasteiger partial charge in [0.1, 0.15) is 0 Å². The molecule has 2 unspecified atom stereocenters. The molecule has 102 valence electrons. The summed E-state index contributed by atoms with van der Waals surface area (Å²) in [5, 5.41) is 0. The van der Waals surface area contributed by atoms with Crippen LogP contribution >= 0.6 is 0 Å². The predicted octanol–water partition coefficient (Wildman–Crippen LogP) is 1.13. The molecule has 0 spiro atoms. The molecule has 4 N–H and O–H groups in total.